The van der Waals surface area contributed by atoms with Gasteiger partial charge in [0, 0.05) is 17.5 Å². The monoisotopic (exact) mass is 235 g/mol. The Morgan fingerprint density at radius 3 is 2.35 bits per heavy atom. The van der Waals surface area contributed by atoms with E-state index >= 15 is 0 Å². The average molecular weight is 235 g/mol. The Balaban J connectivity index is 2.53. The van der Waals surface area contributed by atoms with E-state index in [9.17, 15) is 0 Å². The van der Waals surface area contributed by atoms with E-state index in [0.29, 0.717) is 6.54 Å². The number of hydrogen-bond acceptors (Lipinski definition) is 3. The van der Waals surface area contributed by atoms with Gasteiger partial charge in [-0.1, -0.05) is 6.42 Å². The fourth-order valence-electron chi connectivity index (χ4n) is 2.71. The van der Waals surface area contributed by atoms with Crippen LogP contribution in [0.4, 0.5) is 0 Å². The van der Waals surface area contributed by atoms with Crippen LogP contribution in [0.1, 0.15) is 30.4 Å². The van der Waals surface area contributed by atoms with Gasteiger partial charge in [0.1, 0.15) is 11.5 Å². The van der Waals surface area contributed by atoms with Gasteiger partial charge in [0.15, 0.2) is 0 Å². The van der Waals surface area contributed by atoms with Crippen molar-refractivity contribution in [1.82, 2.24) is 0 Å². The minimum Gasteiger partial charge on any atom is -0.497 e. The first-order valence-electron chi connectivity index (χ1n) is 6.10. The van der Waals surface area contributed by atoms with Crippen molar-refractivity contribution in [3.63, 3.8) is 0 Å². The summed E-state index contributed by atoms with van der Waals surface area (Å²) in [7, 11) is 3.42. The molecule has 1 aliphatic carbocycles. The Labute approximate surface area is 103 Å². The Kier molecular flexibility index (Phi) is 3.29. The summed E-state index contributed by atoms with van der Waals surface area (Å²) >= 11 is 0. The second-order valence-electron chi connectivity index (χ2n) is 4.86. The highest BCUT2D eigenvalue weighted by molar-refractivity contribution is 5.51. The van der Waals surface area contributed by atoms with Crippen molar-refractivity contribution in [3.8, 4) is 11.5 Å². The maximum Gasteiger partial charge on any atom is 0.125 e. The van der Waals surface area contributed by atoms with Gasteiger partial charge in [0.25, 0.3) is 0 Å². The fraction of sp³-hybridized carbons (Fsp3) is 0.571. The van der Waals surface area contributed by atoms with Crippen molar-refractivity contribution in [2.45, 2.75) is 31.6 Å². The minimum absolute atomic E-state index is 0.102. The van der Waals surface area contributed by atoms with Crippen LogP contribution in [-0.2, 0) is 5.41 Å². The van der Waals surface area contributed by atoms with E-state index in [1.54, 1.807) is 14.2 Å². The van der Waals surface area contributed by atoms with Gasteiger partial charge in [-0.2, -0.15) is 0 Å². The van der Waals surface area contributed by atoms with E-state index in [1.807, 2.05) is 13.0 Å². The molecule has 0 aliphatic heterocycles. The zero-order valence-electron chi connectivity index (χ0n) is 10.9. The molecular weight excluding hydrogens is 214 g/mol. The quantitative estimate of drug-likeness (QED) is 0.871. The second-order valence-corrected chi connectivity index (χ2v) is 4.86. The average Bonchev–Trinajstić information content (AvgIpc) is 2.28. The first kappa shape index (κ1) is 12.2. The molecule has 0 aromatic heterocycles. The molecule has 0 amide bonds. The lowest BCUT2D eigenvalue weighted by Crippen LogP contribution is -2.41. The molecular formula is C14H21NO2. The second kappa shape index (κ2) is 4.57. The van der Waals surface area contributed by atoms with Crippen LogP contribution >= 0.6 is 0 Å². The normalized spacial score (nSPS) is 17.4. The number of benzene rings is 1. The molecule has 1 fully saturated rings. The maximum atomic E-state index is 5.97. The predicted octanol–water partition coefficient (Wildman–Crippen LogP) is 2.39. The van der Waals surface area contributed by atoms with E-state index < -0.39 is 0 Å². The topological polar surface area (TPSA) is 44.5 Å². The summed E-state index contributed by atoms with van der Waals surface area (Å²) in [6.07, 6.45) is 3.54. The molecule has 1 aliphatic rings. The van der Waals surface area contributed by atoms with E-state index in [1.165, 1.54) is 12.0 Å². The first-order chi connectivity index (χ1) is 8.16. The van der Waals surface area contributed by atoms with Crippen molar-refractivity contribution in [1.29, 1.82) is 0 Å². The van der Waals surface area contributed by atoms with Gasteiger partial charge in [0.05, 0.1) is 14.2 Å². The molecule has 0 unspecified atom stereocenters. The third kappa shape index (κ3) is 1.89. The van der Waals surface area contributed by atoms with Crippen LogP contribution < -0.4 is 15.2 Å². The zero-order valence-corrected chi connectivity index (χ0v) is 10.9. The number of methoxy groups -OCH3 is 2. The Morgan fingerprint density at radius 2 is 1.94 bits per heavy atom. The van der Waals surface area contributed by atoms with Crippen molar-refractivity contribution in [2.75, 3.05) is 20.8 Å². The van der Waals surface area contributed by atoms with Crippen LogP contribution in [0.2, 0.25) is 0 Å². The summed E-state index contributed by atoms with van der Waals surface area (Å²) < 4.78 is 10.9. The molecule has 3 heteroatoms. The Morgan fingerprint density at radius 1 is 1.24 bits per heavy atom. The van der Waals surface area contributed by atoms with Gasteiger partial charge in [-0.05, 0) is 37.5 Å². The molecule has 1 aromatic carbocycles. The summed E-state index contributed by atoms with van der Waals surface area (Å²) in [5, 5.41) is 0. The summed E-state index contributed by atoms with van der Waals surface area (Å²) in [6, 6.07) is 4.09. The van der Waals surface area contributed by atoms with Crippen molar-refractivity contribution in [3.05, 3.63) is 23.3 Å². The van der Waals surface area contributed by atoms with Gasteiger partial charge in [0.2, 0.25) is 0 Å². The molecule has 17 heavy (non-hydrogen) atoms. The smallest absolute Gasteiger partial charge is 0.125 e. The van der Waals surface area contributed by atoms with E-state index in [-0.39, 0.29) is 5.41 Å². The molecule has 2 N–H and O–H groups in total. The summed E-state index contributed by atoms with van der Waals surface area (Å²) in [4.78, 5) is 0. The van der Waals surface area contributed by atoms with Gasteiger partial charge in [-0.3, -0.25) is 0 Å². The summed E-state index contributed by atoms with van der Waals surface area (Å²) in [5.74, 6) is 1.86. The summed E-state index contributed by atoms with van der Waals surface area (Å²) in [5.41, 5.74) is 8.40. The fourth-order valence-corrected chi connectivity index (χ4v) is 2.71. The Hall–Kier alpha value is -1.22. The van der Waals surface area contributed by atoms with Crippen molar-refractivity contribution in [2.24, 2.45) is 5.73 Å². The lowest BCUT2D eigenvalue weighted by atomic mass is 9.64. The molecule has 0 spiro atoms. The van der Waals surface area contributed by atoms with Crippen LogP contribution in [0.3, 0.4) is 0 Å². The maximum absolute atomic E-state index is 5.97. The number of aryl methyl sites for hydroxylation is 1. The molecule has 0 saturated heterocycles. The standard InChI is InChI=1S/C14H21NO2/c1-10-7-11(16-2)8-12(13(10)17-3)14(9-15)5-4-6-14/h7-8H,4-6,9,15H2,1-3H3. The Bertz CT molecular complexity index is 405. The van der Waals surface area contributed by atoms with E-state index in [4.69, 9.17) is 15.2 Å². The summed E-state index contributed by atoms with van der Waals surface area (Å²) in [6.45, 7) is 2.73. The lowest BCUT2D eigenvalue weighted by Gasteiger charge is -2.42. The van der Waals surface area contributed by atoms with E-state index in [2.05, 4.69) is 6.07 Å². The molecule has 0 atom stereocenters. The molecule has 2 rings (SSSR count). The largest absolute Gasteiger partial charge is 0.497 e. The molecule has 3 nitrogen and oxygen atoms in total. The van der Waals surface area contributed by atoms with Crippen LogP contribution in [0.5, 0.6) is 11.5 Å². The number of hydrogen-bond donors (Lipinski definition) is 1. The van der Waals surface area contributed by atoms with Gasteiger partial charge >= 0.3 is 0 Å². The van der Waals surface area contributed by atoms with Crippen molar-refractivity contribution < 1.29 is 9.47 Å². The number of rotatable bonds is 4. The molecule has 0 bridgehead atoms. The van der Waals surface area contributed by atoms with Crippen LogP contribution in [0, 0.1) is 6.92 Å². The predicted molar refractivity (Wildman–Crippen MR) is 68.9 cm³/mol. The highest BCUT2D eigenvalue weighted by atomic mass is 16.5. The minimum atomic E-state index is 0.102. The van der Waals surface area contributed by atoms with E-state index in [0.717, 1.165) is 29.9 Å². The van der Waals surface area contributed by atoms with Crippen LogP contribution in [-0.4, -0.2) is 20.8 Å². The van der Waals surface area contributed by atoms with Gasteiger partial charge < -0.3 is 15.2 Å². The van der Waals surface area contributed by atoms with Crippen LogP contribution in [0.15, 0.2) is 12.1 Å². The third-order valence-electron chi connectivity index (χ3n) is 3.96. The SMILES string of the molecule is COc1cc(C)c(OC)c(C2(CN)CCC2)c1. The lowest BCUT2D eigenvalue weighted by molar-refractivity contribution is 0.242. The number of nitrogens with two attached hydrogens (primary N) is 1. The van der Waals surface area contributed by atoms with Gasteiger partial charge in [-0.15, -0.1) is 0 Å². The number of ether oxygens (including phenoxy) is 2. The van der Waals surface area contributed by atoms with Gasteiger partial charge in [-0.25, -0.2) is 0 Å². The van der Waals surface area contributed by atoms with Crippen molar-refractivity contribution >= 4 is 0 Å². The highest BCUT2D eigenvalue weighted by Gasteiger charge is 2.40. The molecule has 1 saturated carbocycles. The van der Waals surface area contributed by atoms with Crippen LogP contribution in [0.25, 0.3) is 0 Å². The molecule has 1 aromatic rings. The molecule has 0 radical (unpaired) electrons. The zero-order chi connectivity index (χ0) is 12.5. The first-order valence-corrected chi connectivity index (χ1v) is 6.10. The highest BCUT2D eigenvalue weighted by Crippen LogP contribution is 2.48. The molecule has 94 valence electrons. The molecule has 0 heterocycles. The third-order valence-corrected chi connectivity index (χ3v) is 3.96.